The maximum Gasteiger partial charge on any atom is 0.225 e. The summed E-state index contributed by atoms with van der Waals surface area (Å²) < 4.78 is 0. The van der Waals surface area contributed by atoms with Crippen LogP contribution in [0.25, 0.3) is 0 Å². The third kappa shape index (κ3) is 2.89. The fourth-order valence-corrected chi connectivity index (χ4v) is 3.30. The highest BCUT2D eigenvalue weighted by Gasteiger charge is 2.24. The van der Waals surface area contributed by atoms with Crippen molar-refractivity contribution < 1.29 is 5.11 Å². The summed E-state index contributed by atoms with van der Waals surface area (Å²) in [5, 5.41) is 9.18. The minimum Gasteiger partial charge on any atom is -0.396 e. The topological polar surface area (TPSA) is 49.2 Å². The Hall–Kier alpha value is -1.16. The van der Waals surface area contributed by atoms with Gasteiger partial charge < -0.3 is 10.0 Å². The summed E-state index contributed by atoms with van der Waals surface area (Å²) in [5.74, 6) is 1.89. The van der Waals surface area contributed by atoms with Gasteiger partial charge in [0, 0.05) is 38.0 Å². The molecule has 1 unspecified atom stereocenters. The van der Waals surface area contributed by atoms with Gasteiger partial charge in [0.15, 0.2) is 0 Å². The van der Waals surface area contributed by atoms with E-state index in [1.807, 2.05) is 12.4 Å². The minimum absolute atomic E-state index is 0.274. The lowest BCUT2D eigenvalue weighted by Gasteiger charge is -2.22. The van der Waals surface area contributed by atoms with Crippen molar-refractivity contribution in [1.29, 1.82) is 0 Å². The van der Waals surface area contributed by atoms with Crippen LogP contribution >= 0.6 is 0 Å². The highest BCUT2D eigenvalue weighted by atomic mass is 16.3. The predicted molar refractivity (Wildman–Crippen MR) is 75.3 cm³/mol. The molecule has 3 rings (SSSR count). The number of hydrogen-bond donors (Lipinski definition) is 1. The zero-order valence-corrected chi connectivity index (χ0v) is 11.5. The molecule has 4 nitrogen and oxygen atoms in total. The standard InChI is InChI=1S/C15H23N3O/c19-11-12-6-7-18(10-12)15-16-8-14(9-17-15)13-4-2-1-3-5-13/h8-9,12-13,19H,1-7,10-11H2. The van der Waals surface area contributed by atoms with Gasteiger partial charge in [0.2, 0.25) is 5.95 Å². The molecule has 2 fully saturated rings. The lowest BCUT2D eigenvalue weighted by Crippen LogP contribution is -2.23. The zero-order valence-electron chi connectivity index (χ0n) is 11.5. The first-order valence-corrected chi connectivity index (χ1v) is 7.54. The third-order valence-corrected chi connectivity index (χ3v) is 4.56. The second-order valence-corrected chi connectivity index (χ2v) is 5.93. The van der Waals surface area contributed by atoms with Gasteiger partial charge in [-0.3, -0.25) is 0 Å². The Morgan fingerprint density at radius 1 is 1.11 bits per heavy atom. The Labute approximate surface area is 114 Å². The molecular weight excluding hydrogens is 238 g/mol. The van der Waals surface area contributed by atoms with Gasteiger partial charge in [0.25, 0.3) is 0 Å². The van der Waals surface area contributed by atoms with E-state index in [2.05, 4.69) is 14.9 Å². The number of aliphatic hydroxyl groups excluding tert-OH is 1. The van der Waals surface area contributed by atoms with E-state index in [1.54, 1.807) is 0 Å². The molecule has 1 aliphatic carbocycles. The number of rotatable bonds is 3. The molecule has 1 N–H and O–H groups in total. The average Bonchev–Trinajstić information content (AvgIpc) is 2.97. The van der Waals surface area contributed by atoms with Gasteiger partial charge in [-0.25, -0.2) is 9.97 Å². The largest absolute Gasteiger partial charge is 0.396 e. The van der Waals surface area contributed by atoms with Crippen LogP contribution in [0.2, 0.25) is 0 Å². The van der Waals surface area contributed by atoms with Crippen molar-refractivity contribution in [3.05, 3.63) is 18.0 Å². The van der Waals surface area contributed by atoms with Gasteiger partial charge in [-0.15, -0.1) is 0 Å². The number of hydrogen-bond acceptors (Lipinski definition) is 4. The van der Waals surface area contributed by atoms with Crippen LogP contribution in [0.3, 0.4) is 0 Å². The first kappa shape index (κ1) is 12.9. The van der Waals surface area contributed by atoms with E-state index in [4.69, 9.17) is 0 Å². The summed E-state index contributed by atoms with van der Waals surface area (Å²) in [5.41, 5.74) is 1.31. The van der Waals surface area contributed by atoms with Crippen LogP contribution in [0.15, 0.2) is 12.4 Å². The van der Waals surface area contributed by atoms with E-state index in [-0.39, 0.29) is 6.61 Å². The molecule has 2 heterocycles. The summed E-state index contributed by atoms with van der Waals surface area (Å²) in [6.45, 7) is 2.13. The molecule has 1 atom stereocenters. The van der Waals surface area contributed by atoms with Crippen molar-refractivity contribution in [2.24, 2.45) is 5.92 Å². The van der Waals surface area contributed by atoms with Gasteiger partial charge in [0.1, 0.15) is 0 Å². The number of aliphatic hydroxyl groups is 1. The molecule has 1 saturated heterocycles. The van der Waals surface area contributed by atoms with Crippen molar-refractivity contribution in [3.63, 3.8) is 0 Å². The van der Waals surface area contributed by atoms with Crippen LogP contribution in [0.1, 0.15) is 50.0 Å². The summed E-state index contributed by atoms with van der Waals surface area (Å²) in [6.07, 6.45) is 11.7. The maximum absolute atomic E-state index is 9.18. The Morgan fingerprint density at radius 3 is 2.47 bits per heavy atom. The van der Waals surface area contributed by atoms with Crippen LogP contribution in [0, 0.1) is 5.92 Å². The monoisotopic (exact) mass is 261 g/mol. The molecule has 0 spiro atoms. The summed E-state index contributed by atoms with van der Waals surface area (Å²) in [6, 6.07) is 0. The van der Waals surface area contributed by atoms with Gasteiger partial charge in [-0.05, 0) is 30.7 Å². The van der Waals surface area contributed by atoms with Crippen LogP contribution in [-0.4, -0.2) is 34.8 Å². The normalized spacial score (nSPS) is 24.9. The molecule has 104 valence electrons. The van der Waals surface area contributed by atoms with Gasteiger partial charge in [-0.2, -0.15) is 0 Å². The van der Waals surface area contributed by atoms with Crippen LogP contribution in [-0.2, 0) is 0 Å². The Balaban J connectivity index is 1.65. The Morgan fingerprint density at radius 2 is 1.84 bits per heavy atom. The molecular formula is C15H23N3O. The van der Waals surface area contributed by atoms with Gasteiger partial charge >= 0.3 is 0 Å². The molecule has 19 heavy (non-hydrogen) atoms. The molecule has 1 aromatic heterocycles. The molecule has 0 amide bonds. The van der Waals surface area contributed by atoms with Gasteiger partial charge in [-0.1, -0.05) is 19.3 Å². The molecule has 0 radical (unpaired) electrons. The van der Waals surface area contributed by atoms with Crippen molar-refractivity contribution in [1.82, 2.24) is 9.97 Å². The Bertz CT molecular complexity index is 400. The average molecular weight is 261 g/mol. The number of anilines is 1. The van der Waals surface area contributed by atoms with Crippen LogP contribution in [0.4, 0.5) is 5.95 Å². The Kier molecular flexibility index (Phi) is 3.97. The van der Waals surface area contributed by atoms with Crippen molar-refractivity contribution in [2.75, 3.05) is 24.6 Å². The highest BCUT2D eigenvalue weighted by molar-refractivity contribution is 5.32. The summed E-state index contributed by atoms with van der Waals surface area (Å²) in [7, 11) is 0. The van der Waals surface area contributed by atoms with Crippen LogP contribution < -0.4 is 4.90 Å². The molecule has 1 aromatic rings. The van der Waals surface area contributed by atoms with E-state index in [0.717, 1.165) is 25.5 Å². The summed E-state index contributed by atoms with van der Waals surface area (Å²) in [4.78, 5) is 11.3. The molecule has 0 bridgehead atoms. The zero-order chi connectivity index (χ0) is 13.1. The minimum atomic E-state index is 0.274. The van der Waals surface area contributed by atoms with Crippen molar-refractivity contribution in [3.8, 4) is 0 Å². The molecule has 1 saturated carbocycles. The second kappa shape index (κ2) is 5.87. The maximum atomic E-state index is 9.18. The fraction of sp³-hybridized carbons (Fsp3) is 0.733. The quantitative estimate of drug-likeness (QED) is 0.907. The highest BCUT2D eigenvalue weighted by Crippen LogP contribution is 2.32. The predicted octanol–water partition coefficient (Wildman–Crippen LogP) is 2.34. The lowest BCUT2D eigenvalue weighted by atomic mass is 9.85. The number of nitrogens with zero attached hydrogens (tertiary/aromatic N) is 3. The molecule has 2 aliphatic rings. The van der Waals surface area contributed by atoms with E-state index >= 15 is 0 Å². The molecule has 1 aliphatic heterocycles. The lowest BCUT2D eigenvalue weighted by molar-refractivity contribution is 0.238. The van der Waals surface area contributed by atoms with Crippen LogP contribution in [0.5, 0.6) is 0 Å². The summed E-state index contributed by atoms with van der Waals surface area (Å²) >= 11 is 0. The fourth-order valence-electron chi connectivity index (χ4n) is 3.30. The first-order valence-electron chi connectivity index (χ1n) is 7.54. The smallest absolute Gasteiger partial charge is 0.225 e. The van der Waals surface area contributed by atoms with Crippen molar-refractivity contribution in [2.45, 2.75) is 44.4 Å². The second-order valence-electron chi connectivity index (χ2n) is 5.93. The van der Waals surface area contributed by atoms with E-state index in [0.29, 0.717) is 11.8 Å². The number of aromatic nitrogens is 2. The molecule has 0 aromatic carbocycles. The molecule has 4 heteroatoms. The van der Waals surface area contributed by atoms with E-state index < -0.39 is 0 Å². The SMILES string of the molecule is OCC1CCN(c2ncc(C3CCCCC3)cn2)C1. The van der Waals surface area contributed by atoms with E-state index in [1.165, 1.54) is 37.7 Å². The first-order chi connectivity index (χ1) is 9.36. The van der Waals surface area contributed by atoms with Crippen molar-refractivity contribution >= 4 is 5.95 Å². The van der Waals surface area contributed by atoms with Gasteiger partial charge in [0.05, 0.1) is 0 Å². The van der Waals surface area contributed by atoms with E-state index in [9.17, 15) is 5.11 Å². The third-order valence-electron chi connectivity index (χ3n) is 4.56.